The fourth-order valence-corrected chi connectivity index (χ4v) is 4.85. The predicted molar refractivity (Wildman–Crippen MR) is 87.6 cm³/mol. The maximum atomic E-state index is 14.1. The van der Waals surface area contributed by atoms with Gasteiger partial charge in [0.25, 0.3) is 0 Å². The van der Waals surface area contributed by atoms with Crippen LogP contribution in [-0.2, 0) is 0 Å². The molecule has 24 heavy (non-hydrogen) atoms. The van der Waals surface area contributed by atoms with Gasteiger partial charge in [0.2, 0.25) is 0 Å². The lowest BCUT2D eigenvalue weighted by Crippen LogP contribution is -2.02. The molecule has 0 aliphatic rings. The number of hydrogen-bond acceptors (Lipinski definition) is 4. The Bertz CT molecular complexity index is 1210. The molecule has 118 valence electrons. The van der Waals surface area contributed by atoms with Gasteiger partial charge in [0.15, 0.2) is 23.3 Å². The van der Waals surface area contributed by atoms with E-state index in [4.69, 9.17) is 0 Å². The number of benzene rings is 2. The van der Waals surface area contributed by atoms with Crippen molar-refractivity contribution in [3.63, 3.8) is 0 Å². The predicted octanol–water partition coefficient (Wildman–Crippen LogP) is 5.77. The van der Waals surface area contributed by atoms with Gasteiger partial charge in [0.05, 0.1) is 20.4 Å². The minimum absolute atomic E-state index is 0.342. The Morgan fingerprint density at radius 1 is 0.583 bits per heavy atom. The Morgan fingerprint density at radius 2 is 1.00 bits per heavy atom. The van der Waals surface area contributed by atoms with Gasteiger partial charge in [0, 0.05) is 10.8 Å². The van der Waals surface area contributed by atoms with Crippen molar-refractivity contribution >= 4 is 64.9 Å². The van der Waals surface area contributed by atoms with Crippen molar-refractivity contribution < 1.29 is 17.6 Å². The van der Waals surface area contributed by atoms with Gasteiger partial charge in [-0.05, 0) is 22.9 Å². The van der Waals surface area contributed by atoms with E-state index in [0.29, 0.717) is 11.0 Å². The molecule has 0 radical (unpaired) electrons. The third kappa shape index (κ3) is 1.59. The quantitative estimate of drug-likeness (QED) is 0.151. The van der Waals surface area contributed by atoms with Crippen LogP contribution in [0.5, 0.6) is 0 Å². The summed E-state index contributed by atoms with van der Waals surface area (Å²) in [5.41, 5.74) is -0.537. The Kier molecular flexibility index (Phi) is 2.70. The highest BCUT2D eigenvalue weighted by Gasteiger charge is 2.24. The fourth-order valence-electron chi connectivity index (χ4n) is 2.86. The van der Waals surface area contributed by atoms with Crippen LogP contribution in [0.3, 0.4) is 0 Å². The van der Waals surface area contributed by atoms with Gasteiger partial charge in [-0.25, -0.2) is 27.5 Å². The second-order valence-electron chi connectivity index (χ2n) is 5.20. The molecular weight excluding hydrogens is 360 g/mol. The van der Waals surface area contributed by atoms with Crippen LogP contribution in [0.1, 0.15) is 0 Å². The Balaban J connectivity index is 2.14. The number of aromatic nitrogens is 2. The van der Waals surface area contributed by atoms with Gasteiger partial charge in [-0.1, -0.05) is 0 Å². The number of hydrogen-bond donors (Lipinski definition) is 0. The third-order valence-corrected chi connectivity index (χ3v) is 5.93. The normalized spacial score (nSPS) is 12.2. The zero-order chi connectivity index (χ0) is 16.6. The van der Waals surface area contributed by atoms with Crippen LogP contribution in [0, 0.1) is 23.3 Å². The van der Waals surface area contributed by atoms with E-state index in [9.17, 15) is 17.6 Å². The van der Waals surface area contributed by atoms with Crippen LogP contribution < -0.4 is 0 Å². The molecule has 0 N–H and O–H groups in total. The summed E-state index contributed by atoms with van der Waals surface area (Å²) >= 11 is 2.99. The van der Waals surface area contributed by atoms with Crippen LogP contribution in [0.2, 0.25) is 0 Å². The Labute approximate surface area is 139 Å². The van der Waals surface area contributed by atoms with Crippen molar-refractivity contribution in [3.8, 4) is 0 Å². The van der Waals surface area contributed by atoms with Crippen molar-refractivity contribution in [2.75, 3.05) is 0 Å². The first-order valence-corrected chi connectivity index (χ1v) is 8.53. The number of rotatable bonds is 0. The largest absolute Gasteiger partial charge is 0.240 e. The van der Waals surface area contributed by atoms with Crippen LogP contribution >= 0.6 is 22.7 Å². The maximum absolute atomic E-state index is 14.1. The summed E-state index contributed by atoms with van der Waals surface area (Å²) in [4.78, 5) is 8.19. The summed E-state index contributed by atoms with van der Waals surface area (Å²) in [6.45, 7) is 0. The molecule has 0 aliphatic heterocycles. The minimum Gasteiger partial charge on any atom is -0.240 e. The van der Waals surface area contributed by atoms with Gasteiger partial charge >= 0.3 is 0 Å². The van der Waals surface area contributed by atoms with Crippen LogP contribution in [0.4, 0.5) is 17.6 Å². The summed E-state index contributed by atoms with van der Waals surface area (Å²) in [6.07, 6.45) is 0. The molecule has 2 nitrogen and oxygen atoms in total. The van der Waals surface area contributed by atoms with Crippen molar-refractivity contribution in [2.45, 2.75) is 0 Å². The average Bonchev–Trinajstić information content (AvgIpc) is 3.25. The molecule has 0 atom stereocenters. The summed E-state index contributed by atoms with van der Waals surface area (Å²) in [6, 6.07) is 3.60. The second-order valence-corrected chi connectivity index (χ2v) is 7.03. The van der Waals surface area contributed by atoms with Gasteiger partial charge in [0.1, 0.15) is 11.0 Å². The highest BCUT2D eigenvalue weighted by Crippen LogP contribution is 2.40. The van der Waals surface area contributed by atoms with E-state index in [1.807, 2.05) is 10.8 Å². The van der Waals surface area contributed by atoms with E-state index in [2.05, 4.69) is 9.97 Å². The standard InChI is InChI=1S/C16H4F4N2S2/c17-7-8(18)10(20)14-13(9(7)19)21-11-5-1-3-23-15(5)16-6(2-4-24-16)12(11)22-14/h1-4H. The lowest BCUT2D eigenvalue weighted by atomic mass is 10.1. The molecule has 0 unspecified atom stereocenters. The first-order chi connectivity index (χ1) is 11.6. The zero-order valence-electron chi connectivity index (χ0n) is 11.5. The molecule has 0 amide bonds. The molecule has 0 fully saturated rings. The lowest BCUT2D eigenvalue weighted by molar-refractivity contribution is 0.416. The molecule has 5 rings (SSSR count). The van der Waals surface area contributed by atoms with E-state index in [1.54, 1.807) is 12.1 Å². The van der Waals surface area contributed by atoms with Crippen LogP contribution in [-0.4, -0.2) is 9.97 Å². The fraction of sp³-hybridized carbons (Fsp3) is 0. The van der Waals surface area contributed by atoms with E-state index >= 15 is 0 Å². The van der Waals surface area contributed by atoms with Crippen molar-refractivity contribution in [2.24, 2.45) is 0 Å². The monoisotopic (exact) mass is 364 g/mol. The molecule has 5 aromatic rings. The molecule has 3 heterocycles. The average molecular weight is 364 g/mol. The Morgan fingerprint density at radius 3 is 1.42 bits per heavy atom. The number of thiophene rings is 2. The van der Waals surface area contributed by atoms with E-state index < -0.39 is 34.3 Å². The SMILES string of the molecule is Fc1c(F)c(F)c2nc3c4ccsc4c4sccc4c3nc2c1F. The maximum Gasteiger partial charge on any atom is 0.199 e. The molecule has 0 saturated heterocycles. The molecule has 0 spiro atoms. The minimum atomic E-state index is -1.88. The molecule has 0 aliphatic carbocycles. The zero-order valence-corrected chi connectivity index (χ0v) is 13.2. The van der Waals surface area contributed by atoms with Crippen LogP contribution in [0.25, 0.3) is 42.2 Å². The summed E-state index contributed by atoms with van der Waals surface area (Å²) in [7, 11) is 0. The molecule has 3 aromatic heterocycles. The van der Waals surface area contributed by atoms with Gasteiger partial charge in [-0.15, -0.1) is 22.7 Å². The first-order valence-electron chi connectivity index (χ1n) is 6.77. The number of nitrogens with zero attached hydrogens (tertiary/aromatic N) is 2. The van der Waals surface area contributed by atoms with E-state index in [-0.39, 0.29) is 0 Å². The lowest BCUT2D eigenvalue weighted by Gasteiger charge is -2.07. The molecule has 2 aromatic carbocycles. The van der Waals surface area contributed by atoms with Crippen molar-refractivity contribution in [1.82, 2.24) is 9.97 Å². The number of fused-ring (bicyclic) bond motifs is 7. The van der Waals surface area contributed by atoms with Gasteiger partial charge in [-0.2, -0.15) is 0 Å². The van der Waals surface area contributed by atoms with E-state index in [1.165, 1.54) is 22.7 Å². The smallest absolute Gasteiger partial charge is 0.199 e. The van der Waals surface area contributed by atoms with Crippen LogP contribution in [0.15, 0.2) is 22.9 Å². The first kappa shape index (κ1) is 14.1. The summed E-state index contributed by atoms with van der Waals surface area (Å²) < 4.78 is 57.1. The topological polar surface area (TPSA) is 25.8 Å². The molecule has 0 bridgehead atoms. The Hall–Kier alpha value is -2.32. The summed E-state index contributed by atoms with van der Waals surface area (Å²) in [5.74, 6) is -6.84. The molecule has 8 heteroatoms. The van der Waals surface area contributed by atoms with Crippen molar-refractivity contribution in [1.29, 1.82) is 0 Å². The van der Waals surface area contributed by atoms with Gasteiger partial charge in [-0.3, -0.25) is 0 Å². The van der Waals surface area contributed by atoms with E-state index in [0.717, 1.165) is 20.2 Å². The van der Waals surface area contributed by atoms with Gasteiger partial charge < -0.3 is 0 Å². The molecule has 0 saturated carbocycles. The number of halogens is 4. The molecular formula is C16H4F4N2S2. The second kappa shape index (κ2) is 4.61. The third-order valence-electron chi connectivity index (χ3n) is 3.94. The summed E-state index contributed by atoms with van der Waals surface area (Å²) in [5, 5.41) is 5.17. The highest BCUT2D eigenvalue weighted by atomic mass is 32.1. The van der Waals surface area contributed by atoms with Crippen molar-refractivity contribution in [3.05, 3.63) is 46.2 Å². The highest BCUT2D eigenvalue weighted by molar-refractivity contribution is 7.25.